The summed E-state index contributed by atoms with van der Waals surface area (Å²) in [4.78, 5) is 33.5. The predicted molar refractivity (Wildman–Crippen MR) is 119 cm³/mol. The van der Waals surface area contributed by atoms with Gasteiger partial charge in [-0.3, -0.25) is 14.3 Å². The minimum absolute atomic E-state index is 0.176. The average molecular weight is 416 g/mol. The van der Waals surface area contributed by atoms with E-state index in [1.165, 1.54) is 4.57 Å². The zero-order chi connectivity index (χ0) is 21.1. The Kier molecular flexibility index (Phi) is 6.27. The number of benzene rings is 1. The summed E-state index contributed by atoms with van der Waals surface area (Å²) < 4.78 is 1.42. The van der Waals surface area contributed by atoms with E-state index in [0.717, 1.165) is 34.9 Å². The number of nitrogen functional groups attached to an aromatic ring is 1. The van der Waals surface area contributed by atoms with Crippen LogP contribution in [0.15, 0.2) is 33.9 Å². The smallest absolute Gasteiger partial charge is 0.330 e. The van der Waals surface area contributed by atoms with Crippen LogP contribution in [-0.2, 0) is 13.1 Å². The first-order valence-electron chi connectivity index (χ1n) is 9.79. The number of anilines is 2. The molecule has 0 radical (unpaired) electrons. The van der Waals surface area contributed by atoms with E-state index in [1.807, 2.05) is 49.9 Å². The highest BCUT2D eigenvalue weighted by Crippen LogP contribution is 2.25. The summed E-state index contributed by atoms with van der Waals surface area (Å²) in [5.41, 5.74) is 8.27. The van der Waals surface area contributed by atoms with Crippen molar-refractivity contribution in [3.05, 3.63) is 61.4 Å². The fraction of sp³-hybridized carbons (Fsp3) is 0.381. The minimum atomic E-state index is -0.498. The summed E-state index contributed by atoms with van der Waals surface area (Å²) in [6, 6.07) is 7.98. The first kappa shape index (κ1) is 20.9. The number of nitrogens with two attached hydrogens (primary N) is 1. The number of rotatable bonds is 7. The van der Waals surface area contributed by atoms with Crippen LogP contribution >= 0.6 is 11.6 Å². The zero-order valence-corrected chi connectivity index (χ0v) is 17.7. The van der Waals surface area contributed by atoms with E-state index in [2.05, 4.69) is 9.97 Å². The van der Waals surface area contributed by atoms with Gasteiger partial charge in [0.05, 0.1) is 5.52 Å². The Morgan fingerprint density at radius 2 is 2.00 bits per heavy atom. The normalized spacial score (nSPS) is 11.2. The molecule has 0 aliphatic rings. The highest BCUT2D eigenvalue weighted by atomic mass is 35.5. The van der Waals surface area contributed by atoms with E-state index in [1.54, 1.807) is 0 Å². The number of halogens is 1. The third-order valence-electron chi connectivity index (χ3n) is 5.01. The van der Waals surface area contributed by atoms with Crippen LogP contribution in [0.5, 0.6) is 0 Å². The molecule has 0 saturated heterocycles. The molecule has 0 aliphatic carbocycles. The molecule has 0 amide bonds. The number of nitrogens with one attached hydrogen (secondary N) is 1. The summed E-state index contributed by atoms with van der Waals surface area (Å²) in [7, 11) is 0. The molecule has 0 aliphatic heterocycles. The van der Waals surface area contributed by atoms with Gasteiger partial charge in [0, 0.05) is 30.6 Å². The molecule has 3 rings (SSSR count). The van der Waals surface area contributed by atoms with E-state index < -0.39 is 11.2 Å². The van der Waals surface area contributed by atoms with Crippen LogP contribution in [0.25, 0.3) is 10.9 Å². The maximum Gasteiger partial charge on any atom is 0.330 e. The Morgan fingerprint density at radius 1 is 1.24 bits per heavy atom. The van der Waals surface area contributed by atoms with Crippen molar-refractivity contribution < 1.29 is 0 Å². The van der Waals surface area contributed by atoms with Gasteiger partial charge < -0.3 is 10.6 Å². The number of H-pyrrole nitrogens is 1. The van der Waals surface area contributed by atoms with E-state index >= 15 is 0 Å². The van der Waals surface area contributed by atoms with Crippen LogP contribution in [-0.4, -0.2) is 21.1 Å². The lowest BCUT2D eigenvalue weighted by Gasteiger charge is -2.25. The Bertz CT molecular complexity index is 1150. The third-order valence-corrected chi connectivity index (χ3v) is 5.34. The second-order valence-corrected chi connectivity index (χ2v) is 7.50. The number of aromatic amines is 1. The van der Waals surface area contributed by atoms with Gasteiger partial charge >= 0.3 is 5.69 Å². The van der Waals surface area contributed by atoms with Gasteiger partial charge in [-0.15, -0.1) is 0 Å². The fourth-order valence-electron chi connectivity index (χ4n) is 3.38. The van der Waals surface area contributed by atoms with E-state index in [0.29, 0.717) is 24.8 Å². The van der Waals surface area contributed by atoms with Crippen molar-refractivity contribution in [1.82, 2.24) is 14.5 Å². The van der Waals surface area contributed by atoms with Crippen molar-refractivity contribution in [3.8, 4) is 0 Å². The lowest BCUT2D eigenvalue weighted by molar-refractivity contribution is 0.602. The molecular weight excluding hydrogens is 390 g/mol. The van der Waals surface area contributed by atoms with Crippen molar-refractivity contribution in [2.75, 3.05) is 17.2 Å². The molecule has 0 saturated carbocycles. The second-order valence-electron chi connectivity index (χ2n) is 7.15. The highest BCUT2D eigenvalue weighted by Gasteiger charge is 2.19. The van der Waals surface area contributed by atoms with Crippen molar-refractivity contribution in [2.45, 2.75) is 46.7 Å². The third kappa shape index (κ3) is 4.29. The van der Waals surface area contributed by atoms with E-state index in [4.69, 9.17) is 17.3 Å². The molecule has 0 spiro atoms. The van der Waals surface area contributed by atoms with Crippen LogP contribution in [0.2, 0.25) is 5.15 Å². The molecule has 2 heterocycles. The molecule has 3 aromatic rings. The standard InChI is InChI=1S/C21H26ClN5O2/c1-4-6-9-27-19(23)17(20(28)25-21(27)29)26(5-2)12-15-11-14-8-7-13(3)10-16(14)24-18(15)22/h7-8,10-11H,4-6,9,12,23H2,1-3H3,(H,25,28,29). The van der Waals surface area contributed by atoms with Crippen molar-refractivity contribution in [1.29, 1.82) is 0 Å². The zero-order valence-electron chi connectivity index (χ0n) is 17.0. The van der Waals surface area contributed by atoms with Gasteiger partial charge in [0.25, 0.3) is 5.56 Å². The average Bonchev–Trinajstić information content (AvgIpc) is 2.67. The van der Waals surface area contributed by atoms with Gasteiger partial charge in [0.2, 0.25) is 0 Å². The summed E-state index contributed by atoms with van der Waals surface area (Å²) in [6.07, 6.45) is 1.71. The molecule has 0 atom stereocenters. The predicted octanol–water partition coefficient (Wildman–Crippen LogP) is 3.46. The Balaban J connectivity index is 2.04. The molecule has 1 aromatic carbocycles. The van der Waals surface area contributed by atoms with Crippen LogP contribution in [0, 0.1) is 6.92 Å². The summed E-state index contributed by atoms with van der Waals surface area (Å²) in [5, 5.41) is 1.36. The quantitative estimate of drug-likeness (QED) is 0.576. The number of nitrogens with zero attached hydrogens (tertiary/aromatic N) is 3. The van der Waals surface area contributed by atoms with Crippen molar-refractivity contribution >= 4 is 34.0 Å². The summed E-state index contributed by atoms with van der Waals surface area (Å²) >= 11 is 6.44. The molecule has 3 N–H and O–H groups in total. The maximum atomic E-state index is 12.6. The van der Waals surface area contributed by atoms with Gasteiger partial charge in [-0.2, -0.15) is 0 Å². The van der Waals surface area contributed by atoms with Crippen LogP contribution in [0.1, 0.15) is 37.8 Å². The van der Waals surface area contributed by atoms with Gasteiger partial charge in [-0.25, -0.2) is 9.78 Å². The SMILES string of the molecule is CCCCn1c(N)c(N(CC)Cc2cc3ccc(C)cc3nc2Cl)c(=O)[nH]c1=O. The van der Waals surface area contributed by atoms with Gasteiger partial charge in [-0.05, 0) is 38.0 Å². The number of hydrogen-bond acceptors (Lipinski definition) is 5. The molecule has 0 unspecified atom stereocenters. The number of fused-ring (bicyclic) bond motifs is 1. The molecule has 29 heavy (non-hydrogen) atoms. The highest BCUT2D eigenvalue weighted by molar-refractivity contribution is 6.30. The fourth-order valence-corrected chi connectivity index (χ4v) is 3.59. The molecule has 0 bridgehead atoms. The molecule has 154 valence electrons. The Hall–Kier alpha value is -2.80. The molecular formula is C21H26ClN5O2. The minimum Gasteiger partial charge on any atom is -0.383 e. The lowest BCUT2D eigenvalue weighted by Crippen LogP contribution is -2.38. The maximum absolute atomic E-state index is 12.6. The monoisotopic (exact) mass is 415 g/mol. The van der Waals surface area contributed by atoms with Crippen LogP contribution < -0.4 is 21.9 Å². The van der Waals surface area contributed by atoms with Gasteiger partial charge in [0.1, 0.15) is 16.7 Å². The number of aromatic nitrogens is 3. The molecule has 8 heteroatoms. The summed E-state index contributed by atoms with van der Waals surface area (Å²) in [6.45, 7) is 7.28. The lowest BCUT2D eigenvalue weighted by atomic mass is 10.1. The van der Waals surface area contributed by atoms with Crippen LogP contribution in [0.3, 0.4) is 0 Å². The van der Waals surface area contributed by atoms with E-state index in [-0.39, 0.29) is 11.5 Å². The van der Waals surface area contributed by atoms with Crippen molar-refractivity contribution in [3.63, 3.8) is 0 Å². The molecule has 0 fully saturated rings. The second kappa shape index (κ2) is 8.69. The van der Waals surface area contributed by atoms with E-state index in [9.17, 15) is 9.59 Å². The largest absolute Gasteiger partial charge is 0.383 e. The van der Waals surface area contributed by atoms with Crippen molar-refractivity contribution in [2.24, 2.45) is 0 Å². The first-order chi connectivity index (χ1) is 13.8. The number of hydrogen-bond donors (Lipinski definition) is 2. The molecule has 2 aromatic heterocycles. The Morgan fingerprint density at radius 3 is 2.69 bits per heavy atom. The summed E-state index contributed by atoms with van der Waals surface area (Å²) in [5.74, 6) is 0.176. The topological polar surface area (TPSA) is 97.0 Å². The number of unbranched alkanes of at least 4 members (excludes halogenated alkanes) is 1. The Labute approximate surface area is 174 Å². The van der Waals surface area contributed by atoms with Gasteiger partial charge in [0.15, 0.2) is 0 Å². The molecule has 7 nitrogen and oxygen atoms in total. The van der Waals surface area contributed by atoms with Crippen LogP contribution in [0.4, 0.5) is 11.5 Å². The van der Waals surface area contributed by atoms with Gasteiger partial charge in [-0.1, -0.05) is 37.1 Å². The number of pyridine rings is 1. The number of aryl methyl sites for hydroxylation is 1. The first-order valence-corrected chi connectivity index (χ1v) is 10.2.